The normalized spacial score (nSPS) is 9.83. The van der Waals surface area contributed by atoms with Gasteiger partial charge in [0.15, 0.2) is 5.75 Å². The number of ether oxygens (including phenoxy) is 1. The van der Waals surface area contributed by atoms with Crippen LogP contribution in [0.3, 0.4) is 0 Å². The molecule has 2 N–H and O–H groups in total. The fourth-order valence-electron chi connectivity index (χ4n) is 1.59. The molecular weight excluding hydrogens is 226 g/mol. The quantitative estimate of drug-likeness (QED) is 0.818. The average Bonchev–Trinajstić information content (AvgIpc) is 2.36. The molecular formula is C14H13N3O. The van der Waals surface area contributed by atoms with Crippen molar-refractivity contribution in [2.75, 3.05) is 5.73 Å². The van der Waals surface area contributed by atoms with Crippen molar-refractivity contribution in [1.29, 1.82) is 5.26 Å². The standard InChI is InChI=1S/C14H13N3O/c1-9-6-13(10(2)5-12(9)16)18-14-8-17-4-3-11(14)7-15/h3-6,8H,16H2,1-2H3. The Morgan fingerprint density at radius 1 is 1.22 bits per heavy atom. The Kier molecular flexibility index (Phi) is 3.16. The third kappa shape index (κ3) is 2.25. The predicted molar refractivity (Wildman–Crippen MR) is 69.4 cm³/mol. The van der Waals surface area contributed by atoms with Crippen LogP contribution in [0.2, 0.25) is 0 Å². The van der Waals surface area contributed by atoms with E-state index in [1.165, 1.54) is 6.20 Å². The third-order valence-corrected chi connectivity index (χ3v) is 2.69. The molecule has 2 aromatic rings. The van der Waals surface area contributed by atoms with Crippen LogP contribution in [0, 0.1) is 25.2 Å². The van der Waals surface area contributed by atoms with Crippen LogP contribution in [-0.4, -0.2) is 4.98 Å². The summed E-state index contributed by atoms with van der Waals surface area (Å²) in [5.74, 6) is 1.14. The monoisotopic (exact) mass is 239 g/mol. The summed E-state index contributed by atoms with van der Waals surface area (Å²) >= 11 is 0. The molecule has 4 heteroatoms. The summed E-state index contributed by atoms with van der Waals surface area (Å²) in [5, 5.41) is 8.99. The number of aromatic nitrogens is 1. The Hall–Kier alpha value is -2.54. The number of benzene rings is 1. The fourth-order valence-corrected chi connectivity index (χ4v) is 1.59. The maximum Gasteiger partial charge on any atom is 0.163 e. The van der Waals surface area contributed by atoms with Crippen LogP contribution in [0.1, 0.15) is 16.7 Å². The molecule has 0 atom stereocenters. The first-order valence-corrected chi connectivity index (χ1v) is 5.50. The van der Waals surface area contributed by atoms with Crippen molar-refractivity contribution >= 4 is 5.69 Å². The molecule has 0 bridgehead atoms. The number of aryl methyl sites for hydroxylation is 2. The van der Waals surface area contributed by atoms with E-state index in [1.54, 1.807) is 12.3 Å². The second-order valence-corrected chi connectivity index (χ2v) is 4.06. The van der Waals surface area contributed by atoms with Crippen LogP contribution in [0.25, 0.3) is 0 Å². The molecule has 0 radical (unpaired) electrons. The summed E-state index contributed by atoms with van der Waals surface area (Å²) in [6.07, 6.45) is 3.09. The molecule has 4 nitrogen and oxygen atoms in total. The fraction of sp³-hybridized carbons (Fsp3) is 0.143. The Morgan fingerprint density at radius 3 is 2.72 bits per heavy atom. The lowest BCUT2D eigenvalue weighted by Crippen LogP contribution is -1.95. The SMILES string of the molecule is Cc1cc(Oc2cnccc2C#N)c(C)cc1N. The minimum absolute atomic E-state index is 0.451. The van der Waals surface area contributed by atoms with E-state index >= 15 is 0 Å². The lowest BCUT2D eigenvalue weighted by Gasteiger charge is -2.11. The van der Waals surface area contributed by atoms with Gasteiger partial charge in [-0.2, -0.15) is 5.26 Å². The van der Waals surface area contributed by atoms with Gasteiger partial charge in [-0.15, -0.1) is 0 Å². The first-order valence-electron chi connectivity index (χ1n) is 5.50. The Balaban J connectivity index is 2.41. The van der Waals surface area contributed by atoms with Crippen LogP contribution >= 0.6 is 0 Å². The number of hydrogen-bond acceptors (Lipinski definition) is 4. The Morgan fingerprint density at radius 2 is 2.00 bits per heavy atom. The molecule has 0 aliphatic heterocycles. The topological polar surface area (TPSA) is 71.9 Å². The smallest absolute Gasteiger partial charge is 0.163 e. The molecule has 2 rings (SSSR count). The molecule has 1 aromatic heterocycles. The summed E-state index contributed by atoms with van der Waals surface area (Å²) in [4.78, 5) is 3.96. The molecule has 0 saturated carbocycles. The van der Waals surface area contributed by atoms with Crippen molar-refractivity contribution in [3.63, 3.8) is 0 Å². The van der Waals surface area contributed by atoms with Gasteiger partial charge in [0.25, 0.3) is 0 Å². The van der Waals surface area contributed by atoms with E-state index in [0.29, 0.717) is 17.1 Å². The van der Waals surface area contributed by atoms with Crippen LogP contribution in [-0.2, 0) is 0 Å². The van der Waals surface area contributed by atoms with Gasteiger partial charge in [-0.3, -0.25) is 4.98 Å². The summed E-state index contributed by atoms with van der Waals surface area (Å²) in [6.45, 7) is 3.82. The number of anilines is 1. The number of nitrogens with two attached hydrogens (primary N) is 1. The molecule has 0 fully saturated rings. The Bertz CT molecular complexity index is 629. The van der Waals surface area contributed by atoms with Crippen molar-refractivity contribution in [2.45, 2.75) is 13.8 Å². The summed E-state index contributed by atoms with van der Waals surface area (Å²) in [6, 6.07) is 7.41. The zero-order chi connectivity index (χ0) is 13.1. The summed E-state index contributed by atoms with van der Waals surface area (Å²) in [5.41, 5.74) is 8.87. The maximum absolute atomic E-state index is 8.99. The third-order valence-electron chi connectivity index (χ3n) is 2.69. The largest absolute Gasteiger partial charge is 0.454 e. The molecule has 1 aromatic carbocycles. The maximum atomic E-state index is 8.99. The predicted octanol–water partition coefficient (Wildman–Crippen LogP) is 2.94. The average molecular weight is 239 g/mol. The molecule has 0 unspecified atom stereocenters. The lowest BCUT2D eigenvalue weighted by molar-refractivity contribution is 0.474. The van der Waals surface area contributed by atoms with E-state index in [0.717, 1.165) is 16.8 Å². The van der Waals surface area contributed by atoms with Gasteiger partial charge >= 0.3 is 0 Å². The second-order valence-electron chi connectivity index (χ2n) is 4.06. The zero-order valence-corrected chi connectivity index (χ0v) is 10.3. The van der Waals surface area contributed by atoms with Gasteiger partial charge in [-0.25, -0.2) is 0 Å². The van der Waals surface area contributed by atoms with Crippen LogP contribution < -0.4 is 10.5 Å². The number of rotatable bonds is 2. The second kappa shape index (κ2) is 4.76. The van der Waals surface area contributed by atoms with E-state index in [1.807, 2.05) is 26.0 Å². The molecule has 0 amide bonds. The highest BCUT2D eigenvalue weighted by Crippen LogP contribution is 2.30. The van der Waals surface area contributed by atoms with E-state index in [2.05, 4.69) is 11.1 Å². The number of nitriles is 1. The highest BCUT2D eigenvalue weighted by atomic mass is 16.5. The van der Waals surface area contributed by atoms with Crippen LogP contribution in [0.15, 0.2) is 30.6 Å². The minimum atomic E-state index is 0.451. The van der Waals surface area contributed by atoms with Crippen LogP contribution in [0.5, 0.6) is 11.5 Å². The molecule has 0 spiro atoms. The molecule has 18 heavy (non-hydrogen) atoms. The van der Waals surface area contributed by atoms with Crippen molar-refractivity contribution in [2.24, 2.45) is 0 Å². The number of nitrogens with zero attached hydrogens (tertiary/aromatic N) is 2. The lowest BCUT2D eigenvalue weighted by atomic mass is 10.1. The van der Waals surface area contributed by atoms with Gasteiger partial charge in [0.1, 0.15) is 11.8 Å². The summed E-state index contributed by atoms with van der Waals surface area (Å²) in [7, 11) is 0. The molecule has 1 heterocycles. The molecule has 0 aliphatic carbocycles. The van der Waals surface area contributed by atoms with Gasteiger partial charge in [-0.05, 0) is 43.2 Å². The van der Waals surface area contributed by atoms with Crippen molar-refractivity contribution in [3.05, 3.63) is 47.3 Å². The molecule has 0 aliphatic rings. The highest BCUT2D eigenvalue weighted by molar-refractivity contribution is 5.55. The van der Waals surface area contributed by atoms with Crippen molar-refractivity contribution < 1.29 is 4.74 Å². The van der Waals surface area contributed by atoms with E-state index in [-0.39, 0.29) is 0 Å². The van der Waals surface area contributed by atoms with Gasteiger partial charge in [0.2, 0.25) is 0 Å². The van der Waals surface area contributed by atoms with Crippen LogP contribution in [0.4, 0.5) is 5.69 Å². The van der Waals surface area contributed by atoms with Gasteiger partial charge < -0.3 is 10.5 Å². The Labute approximate surface area is 106 Å². The van der Waals surface area contributed by atoms with Gasteiger partial charge in [-0.1, -0.05) is 0 Å². The van der Waals surface area contributed by atoms with Gasteiger partial charge in [0.05, 0.1) is 11.8 Å². The van der Waals surface area contributed by atoms with Crippen molar-refractivity contribution in [3.8, 4) is 17.6 Å². The van der Waals surface area contributed by atoms with E-state index < -0.39 is 0 Å². The van der Waals surface area contributed by atoms with E-state index in [9.17, 15) is 0 Å². The number of pyridine rings is 1. The van der Waals surface area contributed by atoms with Crippen molar-refractivity contribution in [1.82, 2.24) is 4.98 Å². The minimum Gasteiger partial charge on any atom is -0.454 e. The molecule has 90 valence electrons. The zero-order valence-electron chi connectivity index (χ0n) is 10.3. The summed E-state index contributed by atoms with van der Waals surface area (Å²) < 4.78 is 5.73. The van der Waals surface area contributed by atoms with E-state index in [4.69, 9.17) is 15.7 Å². The highest BCUT2D eigenvalue weighted by Gasteiger charge is 2.08. The van der Waals surface area contributed by atoms with Gasteiger partial charge in [0, 0.05) is 11.9 Å². The first-order chi connectivity index (χ1) is 8.61. The molecule has 0 saturated heterocycles. The number of nitrogen functional groups attached to an aromatic ring is 1. The number of hydrogen-bond donors (Lipinski definition) is 1. The first kappa shape index (κ1) is 11.9.